The molecule has 0 bridgehead atoms. The van der Waals surface area contributed by atoms with Crippen LogP contribution in [0.4, 0.5) is 0 Å². The lowest BCUT2D eigenvalue weighted by atomic mass is 9.97. The van der Waals surface area contributed by atoms with Crippen molar-refractivity contribution in [3.05, 3.63) is 97.3 Å². The number of aromatic nitrogens is 2. The van der Waals surface area contributed by atoms with Gasteiger partial charge in [0.2, 0.25) is 0 Å². The van der Waals surface area contributed by atoms with E-state index in [1.807, 2.05) is 42.7 Å². The fourth-order valence-corrected chi connectivity index (χ4v) is 3.49. The molecule has 2 heterocycles. The first-order chi connectivity index (χ1) is 12.9. The van der Waals surface area contributed by atoms with Gasteiger partial charge in [0, 0.05) is 23.2 Å². The van der Waals surface area contributed by atoms with E-state index in [0.29, 0.717) is 0 Å². The van der Waals surface area contributed by atoms with Gasteiger partial charge in [0.25, 0.3) is 0 Å². The fourth-order valence-electron chi connectivity index (χ4n) is 3.49. The van der Waals surface area contributed by atoms with Crippen LogP contribution in [-0.2, 0) is 0 Å². The second-order valence-corrected chi connectivity index (χ2v) is 6.22. The number of hydrogen-bond donors (Lipinski definition) is 0. The van der Waals surface area contributed by atoms with Crippen LogP contribution in [0.2, 0.25) is 0 Å². The summed E-state index contributed by atoms with van der Waals surface area (Å²) in [5.41, 5.74) is 6.42. The molecule has 0 amide bonds. The molecule has 2 heteroatoms. The van der Waals surface area contributed by atoms with Gasteiger partial charge >= 0.3 is 0 Å². The molecule has 26 heavy (non-hydrogen) atoms. The maximum Gasteiger partial charge on any atom is 0.0970 e. The first-order valence-electron chi connectivity index (χ1n) is 8.61. The third-order valence-electron chi connectivity index (χ3n) is 4.71. The van der Waals surface area contributed by atoms with Gasteiger partial charge in [0.05, 0.1) is 11.0 Å². The Balaban J connectivity index is 1.82. The zero-order valence-corrected chi connectivity index (χ0v) is 14.1. The highest BCUT2D eigenvalue weighted by Gasteiger charge is 2.11. The number of pyridine rings is 2. The van der Waals surface area contributed by atoms with Crippen LogP contribution in [0.5, 0.6) is 0 Å². The molecule has 2 nitrogen and oxygen atoms in total. The lowest BCUT2D eigenvalue weighted by molar-refractivity contribution is 1.37. The Kier molecular flexibility index (Phi) is 3.46. The molecule has 0 spiro atoms. The van der Waals surface area contributed by atoms with Crippen molar-refractivity contribution in [3.63, 3.8) is 0 Å². The highest BCUT2D eigenvalue weighted by Crippen LogP contribution is 2.34. The molecule has 0 saturated heterocycles. The molecule has 5 rings (SSSR count). The third-order valence-corrected chi connectivity index (χ3v) is 4.71. The van der Waals surface area contributed by atoms with Gasteiger partial charge in [-0.05, 0) is 40.5 Å². The molecule has 2 aromatic heterocycles. The lowest BCUT2D eigenvalue weighted by Crippen LogP contribution is -1.90. The van der Waals surface area contributed by atoms with E-state index >= 15 is 0 Å². The van der Waals surface area contributed by atoms with Gasteiger partial charge in [-0.3, -0.25) is 9.97 Å². The predicted molar refractivity (Wildman–Crippen MR) is 107 cm³/mol. The standard InChI is InChI=1S/C24H15N2/c1-3-7-17(8-4-1)19-13-15-25-23-21(19)11-12-22-20(14-16-26-24(22)23)18-9-5-2-6-10-18/h1-9,11-16H. The molecule has 0 atom stereocenters. The van der Waals surface area contributed by atoms with Crippen LogP contribution in [0.15, 0.2) is 91.3 Å². The summed E-state index contributed by atoms with van der Waals surface area (Å²) in [7, 11) is 0. The van der Waals surface area contributed by atoms with Crippen LogP contribution in [-0.4, -0.2) is 9.97 Å². The van der Waals surface area contributed by atoms with Gasteiger partial charge in [0.1, 0.15) is 0 Å². The minimum atomic E-state index is 0.926. The maximum absolute atomic E-state index is 4.66. The summed E-state index contributed by atoms with van der Waals surface area (Å²) in [5.74, 6) is 0. The number of benzene rings is 3. The molecule has 1 radical (unpaired) electrons. The van der Waals surface area contributed by atoms with Crippen molar-refractivity contribution in [2.45, 2.75) is 0 Å². The van der Waals surface area contributed by atoms with Crippen molar-refractivity contribution >= 4 is 21.8 Å². The number of nitrogens with zero attached hydrogens (tertiary/aromatic N) is 2. The van der Waals surface area contributed by atoms with Crippen LogP contribution in [0.3, 0.4) is 0 Å². The Morgan fingerprint density at radius 1 is 0.577 bits per heavy atom. The molecule has 0 aliphatic rings. The molecule has 5 aromatic rings. The Hall–Kier alpha value is -3.52. The van der Waals surface area contributed by atoms with E-state index in [-0.39, 0.29) is 0 Å². The minimum absolute atomic E-state index is 0.926. The summed E-state index contributed by atoms with van der Waals surface area (Å²) in [6.07, 6.45) is 3.72. The Labute approximate surface area is 151 Å². The van der Waals surface area contributed by atoms with E-state index in [9.17, 15) is 0 Å². The minimum Gasteiger partial charge on any atom is -0.254 e. The zero-order chi connectivity index (χ0) is 17.3. The molecule has 0 aliphatic heterocycles. The maximum atomic E-state index is 4.66. The Morgan fingerprint density at radius 3 is 1.92 bits per heavy atom. The van der Waals surface area contributed by atoms with Crippen molar-refractivity contribution in [1.82, 2.24) is 9.97 Å². The average molecular weight is 331 g/mol. The summed E-state index contributed by atoms with van der Waals surface area (Å²) in [6, 6.07) is 30.2. The first-order valence-corrected chi connectivity index (χ1v) is 8.61. The SMILES string of the molecule is [c]1ccccc1-c1ccnc2c1ccc1c(-c3ccccc3)ccnc12. The smallest absolute Gasteiger partial charge is 0.0970 e. The molecular weight excluding hydrogens is 316 g/mol. The van der Waals surface area contributed by atoms with Gasteiger partial charge in [-0.25, -0.2) is 0 Å². The number of fused-ring (bicyclic) bond motifs is 3. The van der Waals surface area contributed by atoms with Gasteiger partial charge < -0.3 is 0 Å². The zero-order valence-electron chi connectivity index (χ0n) is 14.1. The number of rotatable bonds is 2. The van der Waals surface area contributed by atoms with Crippen molar-refractivity contribution < 1.29 is 0 Å². The Bertz CT molecular complexity index is 1110. The van der Waals surface area contributed by atoms with Gasteiger partial charge in [-0.1, -0.05) is 66.7 Å². The van der Waals surface area contributed by atoms with Gasteiger partial charge in [0.15, 0.2) is 0 Å². The second kappa shape index (κ2) is 6.08. The van der Waals surface area contributed by atoms with Crippen LogP contribution in [0.25, 0.3) is 44.1 Å². The van der Waals surface area contributed by atoms with Gasteiger partial charge in [-0.2, -0.15) is 0 Å². The summed E-state index contributed by atoms with van der Waals surface area (Å²) >= 11 is 0. The van der Waals surface area contributed by atoms with E-state index in [1.54, 1.807) is 0 Å². The largest absolute Gasteiger partial charge is 0.254 e. The molecule has 0 fully saturated rings. The molecule has 3 aromatic carbocycles. The monoisotopic (exact) mass is 331 g/mol. The highest BCUT2D eigenvalue weighted by molar-refractivity contribution is 6.11. The average Bonchev–Trinajstić information content (AvgIpc) is 2.74. The highest BCUT2D eigenvalue weighted by atomic mass is 14.7. The molecule has 121 valence electrons. The lowest BCUT2D eigenvalue weighted by Gasteiger charge is -2.11. The van der Waals surface area contributed by atoms with E-state index in [4.69, 9.17) is 0 Å². The summed E-state index contributed by atoms with van der Waals surface area (Å²) < 4.78 is 0. The normalized spacial score (nSPS) is 11.1. The quantitative estimate of drug-likeness (QED) is 0.375. The second-order valence-electron chi connectivity index (χ2n) is 6.22. The van der Waals surface area contributed by atoms with E-state index in [1.165, 1.54) is 11.1 Å². The van der Waals surface area contributed by atoms with E-state index in [0.717, 1.165) is 32.9 Å². The van der Waals surface area contributed by atoms with Crippen molar-refractivity contribution in [1.29, 1.82) is 0 Å². The van der Waals surface area contributed by atoms with Crippen LogP contribution in [0, 0.1) is 6.07 Å². The summed E-state index contributed by atoms with van der Waals surface area (Å²) in [6.45, 7) is 0. The predicted octanol–water partition coefficient (Wildman–Crippen LogP) is 5.92. The molecule has 0 N–H and O–H groups in total. The topological polar surface area (TPSA) is 25.8 Å². The Morgan fingerprint density at radius 2 is 1.23 bits per heavy atom. The summed E-state index contributed by atoms with van der Waals surface area (Å²) in [5, 5.41) is 2.22. The van der Waals surface area contributed by atoms with Crippen molar-refractivity contribution in [3.8, 4) is 22.3 Å². The van der Waals surface area contributed by atoms with Crippen molar-refractivity contribution in [2.75, 3.05) is 0 Å². The third kappa shape index (κ3) is 2.35. The number of hydrogen-bond acceptors (Lipinski definition) is 2. The fraction of sp³-hybridized carbons (Fsp3) is 0. The first kappa shape index (κ1) is 14.8. The van der Waals surface area contributed by atoms with Crippen LogP contribution >= 0.6 is 0 Å². The van der Waals surface area contributed by atoms with E-state index < -0.39 is 0 Å². The molecule has 0 aliphatic carbocycles. The van der Waals surface area contributed by atoms with Crippen LogP contribution in [0.1, 0.15) is 0 Å². The molecular formula is C24H15N2. The summed E-state index contributed by atoms with van der Waals surface area (Å²) in [4.78, 5) is 9.31. The molecule has 0 saturated carbocycles. The van der Waals surface area contributed by atoms with E-state index in [2.05, 4.69) is 64.6 Å². The van der Waals surface area contributed by atoms with Gasteiger partial charge in [-0.15, -0.1) is 0 Å². The van der Waals surface area contributed by atoms with Crippen LogP contribution < -0.4 is 0 Å². The van der Waals surface area contributed by atoms with Crippen molar-refractivity contribution in [2.24, 2.45) is 0 Å². The molecule has 0 unspecified atom stereocenters.